The maximum Gasteiger partial charge on any atom is 0.416 e. The van der Waals surface area contributed by atoms with E-state index in [1.165, 1.54) is 15.2 Å². The average molecular weight is 477 g/mol. The molecule has 0 spiro atoms. The van der Waals surface area contributed by atoms with Gasteiger partial charge >= 0.3 is 11.9 Å². The number of alkyl halides is 3. The Hall–Kier alpha value is -2.96. The molecule has 0 atom stereocenters. The second kappa shape index (κ2) is 8.52. The predicted molar refractivity (Wildman–Crippen MR) is 121 cm³/mol. The molecular weight excluding hydrogens is 460 g/mol. The number of halogens is 5. The molecule has 0 saturated heterocycles. The van der Waals surface area contributed by atoms with E-state index in [1.54, 1.807) is 54.6 Å². The minimum absolute atomic E-state index is 0.288. The van der Waals surface area contributed by atoms with E-state index < -0.39 is 17.4 Å². The molecule has 164 valence electrons. The van der Waals surface area contributed by atoms with Gasteiger partial charge in [0.25, 0.3) is 0 Å². The zero-order chi connectivity index (χ0) is 23.0. The lowest BCUT2D eigenvalue weighted by atomic mass is 10.0. The summed E-state index contributed by atoms with van der Waals surface area (Å²) in [5.74, 6) is 0. The van der Waals surface area contributed by atoms with Gasteiger partial charge in [0.05, 0.1) is 28.3 Å². The van der Waals surface area contributed by atoms with Gasteiger partial charge in [-0.15, -0.1) is 0 Å². The molecule has 4 aromatic rings. The fourth-order valence-corrected chi connectivity index (χ4v) is 3.95. The third-order valence-corrected chi connectivity index (χ3v) is 5.62. The summed E-state index contributed by atoms with van der Waals surface area (Å²) in [5.41, 5.74) is 1.13. The fraction of sp³-hybridized carbons (Fsp3) is 0.125. The molecule has 0 aliphatic carbocycles. The van der Waals surface area contributed by atoms with Crippen molar-refractivity contribution in [2.45, 2.75) is 19.5 Å². The largest absolute Gasteiger partial charge is 0.416 e. The lowest BCUT2D eigenvalue weighted by Crippen LogP contribution is -2.23. The molecule has 1 heterocycles. The molecule has 0 aliphatic rings. The van der Waals surface area contributed by atoms with Crippen molar-refractivity contribution in [1.29, 1.82) is 0 Å². The minimum Gasteiger partial charge on any atom is -0.264 e. The van der Waals surface area contributed by atoms with E-state index in [4.69, 9.17) is 23.2 Å². The molecule has 0 radical (unpaired) electrons. The highest BCUT2D eigenvalue weighted by Gasteiger charge is 2.31. The molecule has 4 rings (SSSR count). The third kappa shape index (κ3) is 4.08. The van der Waals surface area contributed by atoms with Crippen LogP contribution in [-0.2, 0) is 12.6 Å². The van der Waals surface area contributed by atoms with Gasteiger partial charge in [-0.2, -0.15) is 13.2 Å². The Morgan fingerprint density at radius 3 is 1.84 bits per heavy atom. The number of nitrogens with zero attached hydrogens (tertiary/aromatic N) is 2. The molecule has 0 unspecified atom stereocenters. The standard InChI is InChI=1S/C24H17Cl2F3N2O/c1-2-21-22(15-4-3-5-16(14-15)24(27,28)29)31(20-12-8-18(26)9-13-20)23(32)30(21)19-10-6-17(25)7-11-19/h3-14H,2H2,1H3. The van der Waals surface area contributed by atoms with Gasteiger partial charge in [0, 0.05) is 15.6 Å². The maximum atomic E-state index is 13.6. The van der Waals surface area contributed by atoms with Crippen molar-refractivity contribution < 1.29 is 13.2 Å². The van der Waals surface area contributed by atoms with Crippen LogP contribution in [-0.4, -0.2) is 9.13 Å². The third-order valence-electron chi connectivity index (χ3n) is 5.12. The SMILES string of the molecule is CCc1c(-c2cccc(C(F)(F)F)c2)n(-c2ccc(Cl)cc2)c(=O)n1-c1ccc(Cl)cc1. The van der Waals surface area contributed by atoms with Gasteiger partial charge in [0.2, 0.25) is 0 Å². The number of imidazole rings is 1. The second-order valence-corrected chi connectivity index (χ2v) is 8.01. The van der Waals surface area contributed by atoms with Crippen molar-refractivity contribution in [3.05, 3.63) is 105 Å². The molecule has 3 aromatic carbocycles. The monoisotopic (exact) mass is 476 g/mol. The normalized spacial score (nSPS) is 11.7. The van der Waals surface area contributed by atoms with Crippen molar-refractivity contribution in [2.24, 2.45) is 0 Å². The lowest BCUT2D eigenvalue weighted by molar-refractivity contribution is -0.137. The molecule has 0 fully saturated rings. The summed E-state index contributed by atoms with van der Waals surface area (Å²) < 4.78 is 43.2. The molecule has 32 heavy (non-hydrogen) atoms. The van der Waals surface area contributed by atoms with Crippen LogP contribution in [0.2, 0.25) is 10.0 Å². The number of benzene rings is 3. The van der Waals surface area contributed by atoms with Gasteiger partial charge in [0.15, 0.2) is 0 Å². The zero-order valence-corrected chi connectivity index (χ0v) is 18.3. The molecule has 0 bridgehead atoms. The maximum absolute atomic E-state index is 13.6. The van der Waals surface area contributed by atoms with E-state index in [0.29, 0.717) is 39.2 Å². The molecule has 3 nitrogen and oxygen atoms in total. The quantitative estimate of drug-likeness (QED) is 0.306. The van der Waals surface area contributed by atoms with Crippen LogP contribution >= 0.6 is 23.2 Å². The fourth-order valence-electron chi connectivity index (χ4n) is 3.70. The molecule has 0 amide bonds. The first-order chi connectivity index (χ1) is 15.2. The van der Waals surface area contributed by atoms with E-state index >= 15 is 0 Å². The summed E-state index contributed by atoms with van der Waals surface area (Å²) in [4.78, 5) is 13.6. The minimum atomic E-state index is -4.51. The van der Waals surface area contributed by atoms with E-state index in [2.05, 4.69) is 0 Å². The summed E-state index contributed by atoms with van der Waals surface area (Å²) >= 11 is 12.0. The topological polar surface area (TPSA) is 26.9 Å². The Morgan fingerprint density at radius 1 is 0.812 bits per heavy atom. The van der Waals surface area contributed by atoms with Gasteiger partial charge in [0.1, 0.15) is 0 Å². The predicted octanol–water partition coefficient (Wildman–Crippen LogP) is 7.18. The van der Waals surface area contributed by atoms with Crippen LogP contribution < -0.4 is 5.69 Å². The average Bonchev–Trinajstić information content (AvgIpc) is 3.06. The number of hydrogen-bond donors (Lipinski definition) is 0. The smallest absolute Gasteiger partial charge is 0.264 e. The summed E-state index contributed by atoms with van der Waals surface area (Å²) in [7, 11) is 0. The van der Waals surface area contributed by atoms with Gasteiger partial charge in [-0.1, -0.05) is 42.3 Å². The van der Waals surface area contributed by atoms with Crippen LogP contribution in [0, 0.1) is 0 Å². The van der Waals surface area contributed by atoms with Gasteiger partial charge < -0.3 is 0 Å². The van der Waals surface area contributed by atoms with Crippen molar-refractivity contribution in [1.82, 2.24) is 9.13 Å². The number of hydrogen-bond acceptors (Lipinski definition) is 1. The number of rotatable bonds is 4. The van der Waals surface area contributed by atoms with Crippen molar-refractivity contribution in [3.63, 3.8) is 0 Å². The summed E-state index contributed by atoms with van der Waals surface area (Å²) in [6.07, 6.45) is -4.10. The summed E-state index contributed by atoms with van der Waals surface area (Å²) in [6.45, 7) is 1.85. The summed E-state index contributed by atoms with van der Waals surface area (Å²) in [5, 5.41) is 0.991. The molecular formula is C24H17Cl2F3N2O. The Balaban J connectivity index is 2.08. The highest BCUT2D eigenvalue weighted by atomic mass is 35.5. The Bertz CT molecular complexity index is 1320. The summed E-state index contributed by atoms with van der Waals surface area (Å²) in [6, 6.07) is 18.3. The van der Waals surface area contributed by atoms with E-state index in [0.717, 1.165) is 12.1 Å². The first-order valence-electron chi connectivity index (χ1n) is 9.77. The Morgan fingerprint density at radius 2 is 1.34 bits per heavy atom. The van der Waals surface area contributed by atoms with E-state index in [9.17, 15) is 18.0 Å². The second-order valence-electron chi connectivity index (χ2n) is 7.13. The van der Waals surface area contributed by atoms with E-state index in [1.807, 2.05) is 6.92 Å². The lowest BCUT2D eigenvalue weighted by Gasteiger charge is -2.13. The zero-order valence-electron chi connectivity index (χ0n) is 16.8. The van der Waals surface area contributed by atoms with Crippen LogP contribution in [0.4, 0.5) is 13.2 Å². The molecule has 0 saturated carbocycles. The van der Waals surface area contributed by atoms with E-state index in [-0.39, 0.29) is 5.56 Å². The molecule has 8 heteroatoms. The highest BCUT2D eigenvalue weighted by molar-refractivity contribution is 6.30. The van der Waals surface area contributed by atoms with Crippen molar-refractivity contribution in [3.8, 4) is 22.6 Å². The number of aromatic nitrogens is 2. The molecule has 0 aliphatic heterocycles. The van der Waals surface area contributed by atoms with Crippen LogP contribution in [0.5, 0.6) is 0 Å². The van der Waals surface area contributed by atoms with Gasteiger partial charge in [-0.3, -0.25) is 9.13 Å². The highest BCUT2D eigenvalue weighted by Crippen LogP contribution is 2.34. The molecule has 0 N–H and O–H groups in total. The van der Waals surface area contributed by atoms with Gasteiger partial charge in [-0.25, -0.2) is 4.79 Å². The van der Waals surface area contributed by atoms with Crippen LogP contribution in [0.25, 0.3) is 22.6 Å². The first-order valence-corrected chi connectivity index (χ1v) is 10.5. The Kier molecular flexibility index (Phi) is 5.93. The van der Waals surface area contributed by atoms with Crippen LogP contribution in [0.15, 0.2) is 77.6 Å². The van der Waals surface area contributed by atoms with Gasteiger partial charge in [-0.05, 0) is 67.1 Å². The van der Waals surface area contributed by atoms with Crippen molar-refractivity contribution >= 4 is 23.2 Å². The Labute approximate surface area is 192 Å². The van der Waals surface area contributed by atoms with Crippen LogP contribution in [0.1, 0.15) is 18.2 Å². The molecule has 1 aromatic heterocycles. The van der Waals surface area contributed by atoms with Crippen molar-refractivity contribution in [2.75, 3.05) is 0 Å². The van der Waals surface area contributed by atoms with Crippen LogP contribution in [0.3, 0.4) is 0 Å². The first kappa shape index (κ1) is 22.2.